The van der Waals surface area contributed by atoms with Crippen LogP contribution in [0, 0.1) is 5.82 Å². The molecule has 1 aromatic rings. The molecule has 94 valence electrons. The number of rotatable bonds is 4. The molecule has 0 aliphatic carbocycles. The van der Waals surface area contributed by atoms with Crippen molar-refractivity contribution in [2.45, 2.75) is 5.44 Å². The Morgan fingerprint density at radius 2 is 2.12 bits per heavy atom. The molecule has 0 fully saturated rings. The molecule has 0 amide bonds. The smallest absolute Gasteiger partial charge is 0.296 e. The topological polar surface area (TPSA) is 83.8 Å². The van der Waals surface area contributed by atoms with Crippen LogP contribution in [0.4, 0.5) is 4.39 Å². The molecular weight excluding hydrogens is 251 g/mol. The van der Waals surface area contributed by atoms with E-state index < -0.39 is 21.4 Å². The molecule has 1 aromatic carbocycles. The van der Waals surface area contributed by atoms with Gasteiger partial charge >= 0.3 is 0 Å². The van der Waals surface area contributed by atoms with Crippen LogP contribution in [0.5, 0.6) is 0 Å². The SMILES string of the molecule is COC=Cc1cc(C(O)S(=O)(=O)O)ccc1F. The first kappa shape index (κ1) is 13.6. The van der Waals surface area contributed by atoms with E-state index in [9.17, 15) is 17.9 Å². The fourth-order valence-electron chi connectivity index (χ4n) is 1.16. The quantitative estimate of drug-likeness (QED) is 0.631. The summed E-state index contributed by atoms with van der Waals surface area (Å²) in [4.78, 5) is 0. The summed E-state index contributed by atoms with van der Waals surface area (Å²) in [7, 11) is -3.26. The van der Waals surface area contributed by atoms with E-state index in [1.54, 1.807) is 0 Å². The van der Waals surface area contributed by atoms with E-state index in [4.69, 9.17) is 4.55 Å². The number of methoxy groups -OCH3 is 1. The van der Waals surface area contributed by atoms with E-state index >= 15 is 0 Å². The number of benzene rings is 1. The molecule has 0 bridgehead atoms. The molecule has 0 aliphatic heterocycles. The van der Waals surface area contributed by atoms with Gasteiger partial charge in [0.1, 0.15) is 5.82 Å². The van der Waals surface area contributed by atoms with Crippen molar-refractivity contribution in [1.82, 2.24) is 0 Å². The van der Waals surface area contributed by atoms with Crippen LogP contribution in [0.25, 0.3) is 6.08 Å². The molecule has 1 rings (SSSR count). The van der Waals surface area contributed by atoms with E-state index in [1.807, 2.05) is 0 Å². The summed E-state index contributed by atoms with van der Waals surface area (Å²) in [5.74, 6) is -0.607. The number of hydrogen-bond acceptors (Lipinski definition) is 4. The lowest BCUT2D eigenvalue weighted by molar-refractivity contribution is 0.238. The van der Waals surface area contributed by atoms with Crippen molar-refractivity contribution < 1.29 is 27.2 Å². The van der Waals surface area contributed by atoms with Gasteiger partial charge in [0.05, 0.1) is 13.4 Å². The zero-order chi connectivity index (χ0) is 13.1. The van der Waals surface area contributed by atoms with Crippen LogP contribution in [0.1, 0.15) is 16.6 Å². The second kappa shape index (κ2) is 5.26. The zero-order valence-electron chi connectivity index (χ0n) is 8.87. The van der Waals surface area contributed by atoms with Gasteiger partial charge < -0.3 is 9.84 Å². The third-order valence-electron chi connectivity index (χ3n) is 1.97. The first-order valence-electron chi connectivity index (χ1n) is 4.49. The van der Waals surface area contributed by atoms with Gasteiger partial charge in [-0.15, -0.1) is 0 Å². The lowest BCUT2D eigenvalue weighted by Gasteiger charge is -2.08. The van der Waals surface area contributed by atoms with Gasteiger partial charge in [0.15, 0.2) is 0 Å². The third kappa shape index (κ3) is 3.52. The second-order valence-electron chi connectivity index (χ2n) is 3.19. The van der Waals surface area contributed by atoms with Crippen LogP contribution >= 0.6 is 0 Å². The predicted octanol–water partition coefficient (Wildman–Crippen LogP) is 1.32. The molecule has 0 aliphatic rings. The molecule has 0 saturated carbocycles. The summed E-state index contributed by atoms with van der Waals surface area (Å²) >= 11 is 0. The highest BCUT2D eigenvalue weighted by molar-refractivity contribution is 7.85. The molecule has 0 heterocycles. The van der Waals surface area contributed by atoms with Crippen LogP contribution < -0.4 is 0 Å². The normalized spacial score (nSPS) is 13.9. The predicted molar refractivity (Wildman–Crippen MR) is 59.0 cm³/mol. The molecule has 1 unspecified atom stereocenters. The highest BCUT2D eigenvalue weighted by atomic mass is 32.2. The van der Waals surface area contributed by atoms with Gasteiger partial charge in [0.2, 0.25) is 5.44 Å². The average Bonchev–Trinajstić information content (AvgIpc) is 2.26. The zero-order valence-corrected chi connectivity index (χ0v) is 9.69. The van der Waals surface area contributed by atoms with Crippen molar-refractivity contribution in [2.75, 3.05) is 7.11 Å². The minimum atomic E-state index is -4.63. The molecule has 7 heteroatoms. The number of aliphatic hydroxyl groups excluding tert-OH is 1. The molecule has 1 atom stereocenters. The minimum absolute atomic E-state index is 0.0343. The van der Waals surface area contributed by atoms with Gasteiger partial charge in [0, 0.05) is 5.56 Å². The number of hydrogen-bond donors (Lipinski definition) is 2. The first-order chi connectivity index (χ1) is 7.86. The second-order valence-corrected chi connectivity index (χ2v) is 4.66. The molecule has 0 spiro atoms. The van der Waals surface area contributed by atoms with Crippen molar-refractivity contribution >= 4 is 16.2 Å². The van der Waals surface area contributed by atoms with Crippen molar-refractivity contribution in [2.24, 2.45) is 0 Å². The van der Waals surface area contributed by atoms with E-state index in [1.165, 1.54) is 19.4 Å². The van der Waals surface area contributed by atoms with E-state index in [2.05, 4.69) is 4.74 Å². The fourth-order valence-corrected chi connectivity index (χ4v) is 1.65. The van der Waals surface area contributed by atoms with Crippen LogP contribution in [-0.4, -0.2) is 25.2 Å². The van der Waals surface area contributed by atoms with E-state index in [-0.39, 0.29) is 11.1 Å². The lowest BCUT2D eigenvalue weighted by atomic mass is 10.1. The Labute approximate surface area is 97.9 Å². The fraction of sp³-hybridized carbons (Fsp3) is 0.200. The van der Waals surface area contributed by atoms with Crippen LogP contribution in [0.2, 0.25) is 0 Å². The maximum absolute atomic E-state index is 13.3. The highest BCUT2D eigenvalue weighted by Gasteiger charge is 2.22. The molecular formula is C10H11FO5S. The van der Waals surface area contributed by atoms with Gasteiger partial charge in [-0.05, 0) is 23.8 Å². The standard InChI is InChI=1S/C10H11FO5S/c1-16-5-4-7-6-8(2-3-9(7)11)10(12)17(13,14)15/h2-6,10,12H,1H3,(H,13,14,15). The monoisotopic (exact) mass is 262 g/mol. The Morgan fingerprint density at radius 3 is 2.65 bits per heavy atom. The van der Waals surface area contributed by atoms with E-state index in [0.29, 0.717) is 0 Å². The summed E-state index contributed by atoms with van der Waals surface area (Å²) < 4.78 is 47.9. The minimum Gasteiger partial charge on any atom is -0.504 e. The lowest BCUT2D eigenvalue weighted by Crippen LogP contribution is -2.11. The van der Waals surface area contributed by atoms with Crippen LogP contribution in [0.3, 0.4) is 0 Å². The van der Waals surface area contributed by atoms with Gasteiger partial charge in [-0.1, -0.05) is 6.07 Å². The molecule has 0 aromatic heterocycles. The summed E-state index contributed by atoms with van der Waals surface area (Å²) in [6.45, 7) is 0. The van der Waals surface area contributed by atoms with Crippen molar-refractivity contribution in [3.8, 4) is 0 Å². The van der Waals surface area contributed by atoms with Crippen molar-refractivity contribution in [3.05, 3.63) is 41.4 Å². The van der Waals surface area contributed by atoms with Crippen molar-refractivity contribution in [1.29, 1.82) is 0 Å². The molecule has 2 N–H and O–H groups in total. The summed E-state index contributed by atoms with van der Waals surface area (Å²) in [6, 6.07) is 3.15. The number of aliphatic hydroxyl groups is 1. The Hall–Kier alpha value is -1.44. The Bertz CT molecular complexity index is 523. The van der Waals surface area contributed by atoms with Gasteiger partial charge in [-0.25, -0.2) is 4.39 Å². The van der Waals surface area contributed by atoms with Crippen molar-refractivity contribution in [3.63, 3.8) is 0 Å². The number of halogens is 1. The summed E-state index contributed by atoms with van der Waals surface area (Å²) in [5.41, 5.74) is -2.20. The van der Waals surface area contributed by atoms with Crippen LogP contribution in [0.15, 0.2) is 24.5 Å². The Kier molecular flexibility index (Phi) is 4.22. The van der Waals surface area contributed by atoms with Gasteiger partial charge in [0.25, 0.3) is 10.1 Å². The van der Waals surface area contributed by atoms with Gasteiger partial charge in [-0.2, -0.15) is 8.42 Å². The Morgan fingerprint density at radius 1 is 1.47 bits per heavy atom. The largest absolute Gasteiger partial charge is 0.504 e. The molecule has 17 heavy (non-hydrogen) atoms. The average molecular weight is 262 g/mol. The molecule has 5 nitrogen and oxygen atoms in total. The molecule has 0 radical (unpaired) electrons. The van der Waals surface area contributed by atoms with Crippen LogP contribution in [-0.2, 0) is 14.9 Å². The maximum Gasteiger partial charge on any atom is 0.296 e. The first-order valence-corrected chi connectivity index (χ1v) is 5.99. The number of ether oxygens (including phenoxy) is 1. The van der Waals surface area contributed by atoms with Gasteiger partial charge in [-0.3, -0.25) is 4.55 Å². The third-order valence-corrected chi connectivity index (χ3v) is 2.81. The van der Waals surface area contributed by atoms with E-state index in [0.717, 1.165) is 18.2 Å². The highest BCUT2D eigenvalue weighted by Crippen LogP contribution is 2.21. The Balaban J connectivity index is 3.17. The summed E-state index contributed by atoms with van der Waals surface area (Å²) in [5, 5.41) is 9.28. The summed E-state index contributed by atoms with van der Waals surface area (Å²) in [6.07, 6.45) is 2.46. The maximum atomic E-state index is 13.3. The molecule has 0 saturated heterocycles.